The first-order valence-corrected chi connectivity index (χ1v) is 6.04. The summed E-state index contributed by atoms with van der Waals surface area (Å²) in [5.41, 5.74) is -0.262. The number of alkyl halides is 1. The topological polar surface area (TPSA) is 104 Å². The SMILES string of the molecule is O=[N+]([O-])c1ccc(Cn2ccnc2CCl)c([N+](=O)[O-])c1. The van der Waals surface area contributed by atoms with Crippen molar-refractivity contribution in [3.63, 3.8) is 0 Å². The van der Waals surface area contributed by atoms with Crippen LogP contribution in [-0.4, -0.2) is 19.4 Å². The Morgan fingerprint density at radius 2 is 2.00 bits per heavy atom. The van der Waals surface area contributed by atoms with Crippen molar-refractivity contribution in [1.82, 2.24) is 9.55 Å². The normalized spacial score (nSPS) is 10.4. The first-order valence-electron chi connectivity index (χ1n) is 5.50. The quantitative estimate of drug-likeness (QED) is 0.479. The van der Waals surface area contributed by atoms with E-state index in [-0.39, 0.29) is 23.8 Å². The van der Waals surface area contributed by atoms with E-state index in [2.05, 4.69) is 4.98 Å². The minimum absolute atomic E-state index is 0.174. The van der Waals surface area contributed by atoms with Gasteiger partial charge in [-0.15, -0.1) is 11.6 Å². The lowest BCUT2D eigenvalue weighted by molar-refractivity contribution is -0.394. The molecule has 0 unspecified atom stereocenters. The summed E-state index contributed by atoms with van der Waals surface area (Å²) in [5.74, 6) is 0.743. The highest BCUT2D eigenvalue weighted by atomic mass is 35.5. The van der Waals surface area contributed by atoms with E-state index >= 15 is 0 Å². The Morgan fingerprint density at radius 1 is 1.25 bits per heavy atom. The van der Waals surface area contributed by atoms with Crippen LogP contribution < -0.4 is 0 Å². The molecular weight excluding hydrogens is 288 g/mol. The van der Waals surface area contributed by atoms with E-state index < -0.39 is 9.85 Å². The second-order valence-electron chi connectivity index (χ2n) is 3.93. The monoisotopic (exact) mass is 296 g/mol. The molecule has 0 N–H and O–H groups in total. The molecule has 0 radical (unpaired) electrons. The standard InChI is InChI=1S/C11H9ClN4O4/c12-6-11-13-3-4-14(11)7-8-1-2-9(15(17)18)5-10(8)16(19)20/h1-5H,6-7H2. The molecule has 0 amide bonds. The number of halogens is 1. The molecule has 0 aliphatic rings. The molecule has 0 aliphatic carbocycles. The number of hydrogen-bond acceptors (Lipinski definition) is 5. The Labute approximate surface area is 117 Å². The van der Waals surface area contributed by atoms with Gasteiger partial charge in [0, 0.05) is 18.5 Å². The summed E-state index contributed by atoms with van der Waals surface area (Å²) in [6.45, 7) is 0.177. The molecule has 20 heavy (non-hydrogen) atoms. The summed E-state index contributed by atoms with van der Waals surface area (Å²) in [6.07, 6.45) is 3.18. The minimum atomic E-state index is -0.668. The zero-order chi connectivity index (χ0) is 14.7. The van der Waals surface area contributed by atoms with Gasteiger partial charge in [0.2, 0.25) is 0 Å². The van der Waals surface area contributed by atoms with Gasteiger partial charge in [0.25, 0.3) is 11.4 Å². The number of benzene rings is 1. The van der Waals surface area contributed by atoms with E-state index in [1.54, 1.807) is 10.8 Å². The molecule has 9 heteroatoms. The lowest BCUT2D eigenvalue weighted by Crippen LogP contribution is -2.06. The molecule has 0 saturated carbocycles. The molecule has 2 aromatic rings. The average Bonchev–Trinajstić information content (AvgIpc) is 2.85. The largest absolute Gasteiger partial charge is 0.329 e. The molecule has 0 fully saturated rings. The van der Waals surface area contributed by atoms with E-state index in [9.17, 15) is 20.2 Å². The van der Waals surface area contributed by atoms with Crippen LogP contribution in [0.25, 0.3) is 0 Å². The van der Waals surface area contributed by atoms with Gasteiger partial charge in [-0.05, 0) is 6.07 Å². The average molecular weight is 297 g/mol. The van der Waals surface area contributed by atoms with Gasteiger partial charge in [-0.1, -0.05) is 0 Å². The molecule has 0 bridgehead atoms. The maximum Gasteiger partial charge on any atom is 0.281 e. The first kappa shape index (κ1) is 13.9. The number of nitro groups is 2. The Hall–Kier alpha value is -2.48. The van der Waals surface area contributed by atoms with Crippen molar-refractivity contribution in [3.05, 3.63) is 62.2 Å². The van der Waals surface area contributed by atoms with Crippen molar-refractivity contribution < 1.29 is 9.85 Å². The van der Waals surface area contributed by atoms with Gasteiger partial charge in [-0.2, -0.15) is 0 Å². The van der Waals surface area contributed by atoms with E-state index in [0.717, 1.165) is 6.07 Å². The predicted octanol–water partition coefficient (Wildman–Crippen LogP) is 2.49. The smallest absolute Gasteiger partial charge is 0.281 e. The number of non-ortho nitro benzene ring substituents is 1. The molecule has 104 valence electrons. The highest BCUT2D eigenvalue weighted by Crippen LogP contribution is 2.25. The number of nitro benzene ring substituents is 2. The number of imidazole rings is 1. The van der Waals surface area contributed by atoms with Gasteiger partial charge in [0.15, 0.2) is 0 Å². The minimum Gasteiger partial charge on any atom is -0.329 e. The Kier molecular flexibility index (Phi) is 3.94. The summed E-state index contributed by atoms with van der Waals surface area (Å²) in [7, 11) is 0. The summed E-state index contributed by atoms with van der Waals surface area (Å²) in [4.78, 5) is 24.4. The molecule has 2 rings (SSSR count). The third-order valence-corrected chi connectivity index (χ3v) is 2.98. The van der Waals surface area contributed by atoms with Crippen LogP contribution in [0.5, 0.6) is 0 Å². The van der Waals surface area contributed by atoms with E-state index in [1.165, 1.54) is 18.3 Å². The lowest BCUT2D eigenvalue weighted by Gasteiger charge is -2.06. The number of rotatable bonds is 5. The summed E-state index contributed by atoms with van der Waals surface area (Å²) in [6, 6.07) is 3.56. The fraction of sp³-hybridized carbons (Fsp3) is 0.182. The predicted molar refractivity (Wildman–Crippen MR) is 70.6 cm³/mol. The highest BCUT2D eigenvalue weighted by Gasteiger charge is 2.19. The van der Waals surface area contributed by atoms with Crippen molar-refractivity contribution in [2.45, 2.75) is 12.4 Å². The Balaban J connectivity index is 2.41. The van der Waals surface area contributed by atoms with Crippen LogP contribution in [0.4, 0.5) is 11.4 Å². The zero-order valence-electron chi connectivity index (χ0n) is 10.1. The molecule has 0 spiro atoms. The molecule has 1 aromatic carbocycles. The van der Waals surface area contributed by atoms with Crippen molar-refractivity contribution >= 4 is 23.0 Å². The van der Waals surface area contributed by atoms with E-state index in [0.29, 0.717) is 11.4 Å². The van der Waals surface area contributed by atoms with Gasteiger partial charge in [0.1, 0.15) is 5.82 Å². The zero-order valence-corrected chi connectivity index (χ0v) is 10.9. The van der Waals surface area contributed by atoms with Crippen molar-refractivity contribution in [3.8, 4) is 0 Å². The van der Waals surface area contributed by atoms with Crippen LogP contribution in [0.1, 0.15) is 11.4 Å². The van der Waals surface area contributed by atoms with Crippen molar-refractivity contribution in [2.75, 3.05) is 0 Å². The molecule has 0 atom stereocenters. The summed E-state index contributed by atoms with van der Waals surface area (Å²) >= 11 is 5.70. The van der Waals surface area contributed by atoms with Crippen LogP contribution in [0.15, 0.2) is 30.6 Å². The maximum absolute atomic E-state index is 11.0. The molecular formula is C11H9ClN4O4. The number of nitrogens with zero attached hydrogens (tertiary/aromatic N) is 4. The van der Waals surface area contributed by atoms with Gasteiger partial charge in [-0.3, -0.25) is 20.2 Å². The fourth-order valence-corrected chi connectivity index (χ4v) is 1.99. The van der Waals surface area contributed by atoms with Crippen LogP contribution in [0.3, 0.4) is 0 Å². The van der Waals surface area contributed by atoms with Crippen LogP contribution in [0.2, 0.25) is 0 Å². The third kappa shape index (κ3) is 2.75. The third-order valence-electron chi connectivity index (χ3n) is 2.74. The molecule has 1 aromatic heterocycles. The summed E-state index contributed by atoms with van der Waals surface area (Å²) < 4.78 is 1.65. The molecule has 0 saturated heterocycles. The second kappa shape index (κ2) is 5.66. The van der Waals surface area contributed by atoms with Crippen LogP contribution >= 0.6 is 11.6 Å². The highest BCUT2D eigenvalue weighted by molar-refractivity contribution is 6.16. The van der Waals surface area contributed by atoms with Gasteiger partial charge in [0.05, 0.1) is 33.9 Å². The Bertz CT molecular complexity index is 670. The second-order valence-corrected chi connectivity index (χ2v) is 4.20. The van der Waals surface area contributed by atoms with Crippen LogP contribution in [0, 0.1) is 20.2 Å². The fourth-order valence-electron chi connectivity index (χ4n) is 1.77. The van der Waals surface area contributed by atoms with E-state index in [1.807, 2.05) is 0 Å². The van der Waals surface area contributed by atoms with Gasteiger partial charge < -0.3 is 4.57 Å². The molecule has 1 heterocycles. The first-order chi connectivity index (χ1) is 9.52. The Morgan fingerprint density at radius 3 is 2.60 bits per heavy atom. The maximum atomic E-state index is 11.0. The lowest BCUT2D eigenvalue weighted by atomic mass is 10.1. The molecule has 0 aliphatic heterocycles. The van der Waals surface area contributed by atoms with Crippen molar-refractivity contribution in [2.24, 2.45) is 0 Å². The number of hydrogen-bond donors (Lipinski definition) is 0. The summed E-state index contributed by atoms with van der Waals surface area (Å²) in [5, 5.41) is 21.7. The van der Waals surface area contributed by atoms with Crippen LogP contribution in [-0.2, 0) is 12.4 Å². The van der Waals surface area contributed by atoms with Crippen molar-refractivity contribution in [1.29, 1.82) is 0 Å². The van der Waals surface area contributed by atoms with Gasteiger partial charge >= 0.3 is 0 Å². The van der Waals surface area contributed by atoms with Gasteiger partial charge in [-0.25, -0.2) is 4.98 Å². The molecule has 8 nitrogen and oxygen atoms in total. The number of aromatic nitrogens is 2. The van der Waals surface area contributed by atoms with E-state index in [4.69, 9.17) is 11.6 Å².